The van der Waals surface area contributed by atoms with E-state index in [0.29, 0.717) is 6.04 Å². The lowest BCUT2D eigenvalue weighted by molar-refractivity contribution is 0.246. The van der Waals surface area contributed by atoms with Crippen molar-refractivity contribution in [1.82, 2.24) is 14.9 Å². The third-order valence-electron chi connectivity index (χ3n) is 4.47. The van der Waals surface area contributed by atoms with Crippen LogP contribution in [-0.2, 0) is 6.54 Å². The Kier molecular flexibility index (Phi) is 3.51. The minimum absolute atomic E-state index is 0.483. The molecule has 0 bridgehead atoms. The zero-order valence-electron chi connectivity index (χ0n) is 12.5. The fourth-order valence-electron chi connectivity index (χ4n) is 3.21. The number of likely N-dealkylation sites (tertiary alicyclic amines) is 1. The number of nitrogens with zero attached hydrogens (tertiary/aromatic N) is 3. The van der Waals surface area contributed by atoms with E-state index in [1.165, 1.54) is 47.8 Å². The number of aryl methyl sites for hydroxylation is 1. The van der Waals surface area contributed by atoms with Crippen molar-refractivity contribution in [3.63, 3.8) is 0 Å². The molecule has 21 heavy (non-hydrogen) atoms. The first-order valence-electron chi connectivity index (χ1n) is 7.92. The van der Waals surface area contributed by atoms with Gasteiger partial charge in [-0.1, -0.05) is 6.07 Å². The van der Waals surface area contributed by atoms with Gasteiger partial charge in [-0.05, 0) is 51.3 Å². The molecule has 2 aromatic rings. The van der Waals surface area contributed by atoms with Crippen molar-refractivity contribution in [2.75, 3.05) is 6.54 Å². The first-order valence-corrected chi connectivity index (χ1v) is 8.73. The van der Waals surface area contributed by atoms with E-state index in [1.807, 2.05) is 11.3 Å². The molecule has 0 N–H and O–H groups in total. The molecule has 0 amide bonds. The molecule has 3 heterocycles. The molecule has 0 radical (unpaired) electrons. The molecule has 1 unspecified atom stereocenters. The molecule has 4 rings (SSSR count). The molecule has 0 spiro atoms. The second-order valence-corrected chi connectivity index (χ2v) is 7.42. The maximum absolute atomic E-state index is 4.74. The van der Waals surface area contributed by atoms with E-state index in [2.05, 4.69) is 41.2 Å². The van der Waals surface area contributed by atoms with E-state index in [-0.39, 0.29) is 0 Å². The summed E-state index contributed by atoms with van der Waals surface area (Å²) in [5.74, 6) is 0.775. The van der Waals surface area contributed by atoms with Crippen LogP contribution in [-0.4, -0.2) is 21.4 Å². The zero-order valence-corrected chi connectivity index (χ0v) is 13.3. The van der Waals surface area contributed by atoms with Gasteiger partial charge in [0, 0.05) is 29.2 Å². The van der Waals surface area contributed by atoms with E-state index >= 15 is 0 Å². The molecule has 1 atom stereocenters. The van der Waals surface area contributed by atoms with Crippen LogP contribution in [0.3, 0.4) is 0 Å². The molecule has 3 nitrogen and oxygen atoms in total. The Morgan fingerprint density at radius 1 is 1.29 bits per heavy atom. The van der Waals surface area contributed by atoms with Gasteiger partial charge < -0.3 is 0 Å². The van der Waals surface area contributed by atoms with Crippen molar-refractivity contribution in [2.24, 2.45) is 0 Å². The van der Waals surface area contributed by atoms with Crippen molar-refractivity contribution in [1.29, 1.82) is 0 Å². The van der Waals surface area contributed by atoms with E-state index in [1.54, 1.807) is 0 Å². The summed E-state index contributed by atoms with van der Waals surface area (Å²) in [6, 6.07) is 6.87. The third kappa shape index (κ3) is 2.87. The summed E-state index contributed by atoms with van der Waals surface area (Å²) in [6.45, 7) is 4.29. The van der Waals surface area contributed by atoms with Gasteiger partial charge in [0.15, 0.2) is 0 Å². The molecule has 1 aliphatic heterocycles. The highest BCUT2D eigenvalue weighted by atomic mass is 32.1. The topological polar surface area (TPSA) is 29.0 Å². The lowest BCUT2D eigenvalue weighted by Gasteiger charge is -2.23. The molecule has 2 aromatic heterocycles. The number of hydrogen-bond acceptors (Lipinski definition) is 4. The summed E-state index contributed by atoms with van der Waals surface area (Å²) in [5.41, 5.74) is 2.35. The van der Waals surface area contributed by atoms with Gasteiger partial charge in [0.1, 0.15) is 0 Å². The van der Waals surface area contributed by atoms with Crippen molar-refractivity contribution in [2.45, 2.75) is 51.1 Å². The SMILES string of the molecule is Cc1cccc(C2CCCN2Cc2cnc(C3CC3)s2)n1. The predicted octanol–water partition coefficient (Wildman–Crippen LogP) is 4.06. The van der Waals surface area contributed by atoms with E-state index in [4.69, 9.17) is 4.98 Å². The lowest BCUT2D eigenvalue weighted by atomic mass is 10.1. The highest BCUT2D eigenvalue weighted by Crippen LogP contribution is 2.42. The quantitative estimate of drug-likeness (QED) is 0.852. The Hall–Kier alpha value is -1.26. The van der Waals surface area contributed by atoms with Crippen LogP contribution >= 0.6 is 11.3 Å². The molecule has 1 saturated carbocycles. The van der Waals surface area contributed by atoms with E-state index in [0.717, 1.165) is 18.2 Å². The second-order valence-electron chi connectivity index (χ2n) is 6.27. The number of hydrogen-bond donors (Lipinski definition) is 0. The van der Waals surface area contributed by atoms with Crippen LogP contribution in [0, 0.1) is 6.92 Å². The molecule has 2 fully saturated rings. The highest BCUT2D eigenvalue weighted by Gasteiger charge is 2.29. The molecule has 4 heteroatoms. The Morgan fingerprint density at radius 2 is 2.19 bits per heavy atom. The summed E-state index contributed by atoms with van der Waals surface area (Å²) >= 11 is 1.92. The third-order valence-corrected chi connectivity index (χ3v) is 5.62. The van der Waals surface area contributed by atoms with Gasteiger partial charge in [-0.25, -0.2) is 4.98 Å². The van der Waals surface area contributed by atoms with Gasteiger partial charge in [-0.3, -0.25) is 9.88 Å². The Labute approximate surface area is 130 Å². The molecule has 1 aliphatic carbocycles. The van der Waals surface area contributed by atoms with Crippen LogP contribution in [0.25, 0.3) is 0 Å². The van der Waals surface area contributed by atoms with Crippen LogP contribution in [0.5, 0.6) is 0 Å². The van der Waals surface area contributed by atoms with Crippen LogP contribution in [0.4, 0.5) is 0 Å². The van der Waals surface area contributed by atoms with E-state index < -0.39 is 0 Å². The average molecular weight is 299 g/mol. The highest BCUT2D eigenvalue weighted by molar-refractivity contribution is 7.11. The Bertz CT molecular complexity index is 632. The summed E-state index contributed by atoms with van der Waals surface area (Å²) in [4.78, 5) is 13.3. The van der Waals surface area contributed by atoms with Crippen LogP contribution in [0.1, 0.15) is 58.9 Å². The molecule has 2 aliphatic rings. The normalized spacial score (nSPS) is 22.8. The summed E-state index contributed by atoms with van der Waals surface area (Å²) in [5, 5.41) is 1.36. The monoisotopic (exact) mass is 299 g/mol. The molecular weight excluding hydrogens is 278 g/mol. The van der Waals surface area contributed by atoms with Crippen LogP contribution in [0.2, 0.25) is 0 Å². The van der Waals surface area contributed by atoms with E-state index in [9.17, 15) is 0 Å². The first-order chi connectivity index (χ1) is 10.3. The lowest BCUT2D eigenvalue weighted by Crippen LogP contribution is -2.23. The fraction of sp³-hybridized carbons (Fsp3) is 0.529. The smallest absolute Gasteiger partial charge is 0.0959 e. The predicted molar refractivity (Wildman–Crippen MR) is 85.4 cm³/mol. The summed E-state index contributed by atoms with van der Waals surface area (Å²) in [6.07, 6.45) is 7.27. The van der Waals surface area contributed by atoms with Crippen LogP contribution in [0.15, 0.2) is 24.4 Å². The minimum atomic E-state index is 0.483. The fourth-order valence-corrected chi connectivity index (χ4v) is 4.33. The standard InChI is InChI=1S/C17H21N3S/c1-12-4-2-5-15(19-12)16-6-3-9-20(16)11-14-10-18-17(21-14)13-7-8-13/h2,4-5,10,13,16H,3,6-9,11H2,1H3. The maximum atomic E-state index is 4.74. The molecule has 0 aromatic carbocycles. The van der Waals surface area contributed by atoms with Crippen molar-refractivity contribution >= 4 is 11.3 Å². The Morgan fingerprint density at radius 3 is 3.00 bits per heavy atom. The van der Waals surface area contributed by atoms with Gasteiger partial charge in [-0.15, -0.1) is 11.3 Å². The Balaban J connectivity index is 1.50. The minimum Gasteiger partial charge on any atom is -0.290 e. The van der Waals surface area contributed by atoms with Gasteiger partial charge in [0.2, 0.25) is 0 Å². The molecule has 1 saturated heterocycles. The van der Waals surface area contributed by atoms with Gasteiger partial charge in [0.25, 0.3) is 0 Å². The zero-order chi connectivity index (χ0) is 14.2. The van der Waals surface area contributed by atoms with Gasteiger partial charge in [-0.2, -0.15) is 0 Å². The number of pyridine rings is 1. The van der Waals surface area contributed by atoms with Gasteiger partial charge >= 0.3 is 0 Å². The van der Waals surface area contributed by atoms with Crippen molar-refractivity contribution < 1.29 is 0 Å². The van der Waals surface area contributed by atoms with Crippen LogP contribution < -0.4 is 0 Å². The first kappa shape index (κ1) is 13.4. The summed E-state index contributed by atoms with van der Waals surface area (Å²) in [7, 11) is 0. The largest absolute Gasteiger partial charge is 0.290 e. The second kappa shape index (κ2) is 5.50. The van der Waals surface area contributed by atoms with Gasteiger partial charge in [0.05, 0.1) is 16.7 Å². The number of thiazole rings is 1. The molecule has 110 valence electrons. The molecular formula is C17H21N3S. The average Bonchev–Trinajstić information content (AvgIpc) is 3.05. The van der Waals surface area contributed by atoms with Crippen molar-refractivity contribution in [3.05, 3.63) is 45.7 Å². The number of aromatic nitrogens is 2. The number of rotatable bonds is 4. The maximum Gasteiger partial charge on any atom is 0.0959 e. The van der Waals surface area contributed by atoms with Crippen molar-refractivity contribution in [3.8, 4) is 0 Å². The summed E-state index contributed by atoms with van der Waals surface area (Å²) < 4.78 is 0.